The molecule has 4 rings (SSSR count). The van der Waals surface area contributed by atoms with Crippen molar-refractivity contribution in [2.45, 2.75) is 13.8 Å². The van der Waals surface area contributed by atoms with Crippen LogP contribution in [0.5, 0.6) is 0 Å². The standard InChI is InChI=1S/C13H16N8S/c1-9-7-11(21-12(16-9)14-8-15-21)19-3-5-20(6-4-19)13-18-17-10(2)22-13/h7-8H,3-6H2,1-2H3. The van der Waals surface area contributed by atoms with Crippen molar-refractivity contribution < 1.29 is 0 Å². The van der Waals surface area contributed by atoms with Crippen LogP contribution in [0.3, 0.4) is 0 Å². The molecule has 0 bridgehead atoms. The molecule has 3 aromatic rings. The highest BCUT2D eigenvalue weighted by molar-refractivity contribution is 7.15. The number of hydrogen-bond donors (Lipinski definition) is 0. The van der Waals surface area contributed by atoms with Gasteiger partial charge >= 0.3 is 0 Å². The van der Waals surface area contributed by atoms with Crippen LogP contribution in [0, 0.1) is 13.8 Å². The Bertz CT molecular complexity index is 801. The van der Waals surface area contributed by atoms with Crippen LogP contribution in [-0.4, -0.2) is 56.0 Å². The summed E-state index contributed by atoms with van der Waals surface area (Å²) < 4.78 is 1.80. The first-order chi connectivity index (χ1) is 10.7. The van der Waals surface area contributed by atoms with Gasteiger partial charge in [0, 0.05) is 37.9 Å². The van der Waals surface area contributed by atoms with Crippen molar-refractivity contribution in [1.82, 2.24) is 29.8 Å². The van der Waals surface area contributed by atoms with E-state index in [-0.39, 0.29) is 0 Å². The van der Waals surface area contributed by atoms with Gasteiger partial charge in [-0.2, -0.15) is 14.6 Å². The van der Waals surface area contributed by atoms with Gasteiger partial charge in [0.15, 0.2) is 0 Å². The summed E-state index contributed by atoms with van der Waals surface area (Å²) in [5.74, 6) is 1.70. The second-order valence-corrected chi connectivity index (χ2v) is 6.47. The molecule has 8 nitrogen and oxygen atoms in total. The molecular weight excluding hydrogens is 300 g/mol. The van der Waals surface area contributed by atoms with Gasteiger partial charge < -0.3 is 9.80 Å². The molecule has 0 unspecified atom stereocenters. The van der Waals surface area contributed by atoms with Crippen LogP contribution in [0.15, 0.2) is 12.4 Å². The van der Waals surface area contributed by atoms with E-state index < -0.39 is 0 Å². The summed E-state index contributed by atoms with van der Waals surface area (Å²) in [5.41, 5.74) is 0.956. The third kappa shape index (κ3) is 2.27. The second-order valence-electron chi connectivity index (χ2n) is 5.31. The predicted octanol–water partition coefficient (Wildman–Crippen LogP) is 0.919. The molecule has 22 heavy (non-hydrogen) atoms. The molecule has 0 amide bonds. The summed E-state index contributed by atoms with van der Waals surface area (Å²) in [4.78, 5) is 13.2. The van der Waals surface area contributed by atoms with Crippen molar-refractivity contribution in [3.8, 4) is 0 Å². The zero-order valence-electron chi connectivity index (χ0n) is 12.5. The number of hydrogen-bond acceptors (Lipinski definition) is 8. The van der Waals surface area contributed by atoms with E-state index in [1.54, 1.807) is 22.2 Å². The van der Waals surface area contributed by atoms with Crippen molar-refractivity contribution in [2.24, 2.45) is 0 Å². The minimum Gasteiger partial charge on any atom is -0.353 e. The van der Waals surface area contributed by atoms with Crippen molar-refractivity contribution in [3.63, 3.8) is 0 Å². The summed E-state index contributed by atoms with van der Waals surface area (Å²) in [6, 6.07) is 2.06. The second kappa shape index (κ2) is 5.16. The quantitative estimate of drug-likeness (QED) is 0.696. The summed E-state index contributed by atoms with van der Waals surface area (Å²) in [7, 11) is 0. The number of aromatic nitrogens is 6. The number of piperazine rings is 1. The lowest BCUT2D eigenvalue weighted by Crippen LogP contribution is -2.47. The Morgan fingerprint density at radius 3 is 2.55 bits per heavy atom. The van der Waals surface area contributed by atoms with Gasteiger partial charge in [-0.05, 0) is 13.8 Å². The smallest absolute Gasteiger partial charge is 0.254 e. The Labute approximate surface area is 131 Å². The minimum absolute atomic E-state index is 0.650. The molecule has 0 spiro atoms. The topological polar surface area (TPSA) is 75.3 Å². The van der Waals surface area contributed by atoms with Crippen LogP contribution in [0.4, 0.5) is 10.9 Å². The van der Waals surface area contributed by atoms with Gasteiger partial charge in [-0.1, -0.05) is 11.3 Å². The maximum atomic E-state index is 4.39. The van der Waals surface area contributed by atoms with Gasteiger partial charge in [0.1, 0.15) is 17.2 Å². The van der Waals surface area contributed by atoms with Crippen LogP contribution < -0.4 is 9.80 Å². The van der Waals surface area contributed by atoms with E-state index in [0.29, 0.717) is 5.78 Å². The van der Waals surface area contributed by atoms with Gasteiger partial charge in [0.05, 0.1) is 0 Å². The fourth-order valence-corrected chi connectivity index (χ4v) is 3.42. The number of fused-ring (bicyclic) bond motifs is 1. The lowest BCUT2D eigenvalue weighted by atomic mass is 10.3. The van der Waals surface area contributed by atoms with Gasteiger partial charge in [-0.3, -0.25) is 0 Å². The van der Waals surface area contributed by atoms with Crippen LogP contribution in [0.1, 0.15) is 10.7 Å². The normalized spacial score (nSPS) is 15.7. The monoisotopic (exact) mass is 316 g/mol. The lowest BCUT2D eigenvalue weighted by Gasteiger charge is -2.35. The van der Waals surface area contributed by atoms with E-state index in [9.17, 15) is 0 Å². The maximum absolute atomic E-state index is 4.39. The zero-order valence-corrected chi connectivity index (χ0v) is 13.3. The van der Waals surface area contributed by atoms with Gasteiger partial charge in [0.25, 0.3) is 5.78 Å². The van der Waals surface area contributed by atoms with Crippen molar-refractivity contribution in [3.05, 3.63) is 23.1 Å². The molecule has 0 atom stereocenters. The minimum atomic E-state index is 0.650. The highest BCUT2D eigenvalue weighted by Gasteiger charge is 2.22. The van der Waals surface area contributed by atoms with Crippen LogP contribution in [0.2, 0.25) is 0 Å². The average Bonchev–Trinajstić information content (AvgIpc) is 3.15. The molecule has 3 aromatic heterocycles. The molecule has 1 saturated heterocycles. The van der Waals surface area contributed by atoms with Crippen molar-refractivity contribution in [1.29, 1.82) is 0 Å². The first kappa shape index (κ1) is 13.4. The summed E-state index contributed by atoms with van der Waals surface area (Å²) in [5, 5.41) is 14.6. The fraction of sp³-hybridized carbons (Fsp3) is 0.462. The van der Waals surface area contributed by atoms with Crippen molar-refractivity contribution in [2.75, 3.05) is 36.0 Å². The maximum Gasteiger partial charge on any atom is 0.254 e. The van der Waals surface area contributed by atoms with E-state index >= 15 is 0 Å². The molecule has 114 valence electrons. The van der Waals surface area contributed by atoms with Gasteiger partial charge in [0.2, 0.25) is 5.13 Å². The third-order valence-corrected chi connectivity index (χ3v) is 4.65. The Hall–Kier alpha value is -2.29. The summed E-state index contributed by atoms with van der Waals surface area (Å²) >= 11 is 1.65. The highest BCUT2D eigenvalue weighted by atomic mass is 32.1. The Morgan fingerprint density at radius 1 is 1.05 bits per heavy atom. The van der Waals surface area contributed by atoms with E-state index in [4.69, 9.17) is 0 Å². The first-order valence-corrected chi connectivity index (χ1v) is 8.00. The molecule has 0 radical (unpaired) electrons. The van der Waals surface area contributed by atoms with E-state index in [1.807, 2.05) is 13.8 Å². The number of rotatable bonds is 2. The van der Waals surface area contributed by atoms with Crippen LogP contribution in [0.25, 0.3) is 5.78 Å². The molecule has 0 aliphatic carbocycles. The Balaban J connectivity index is 1.56. The average molecular weight is 316 g/mol. The number of nitrogens with zero attached hydrogens (tertiary/aromatic N) is 8. The molecular formula is C13H16N8S. The molecule has 0 N–H and O–H groups in total. The zero-order chi connectivity index (χ0) is 15.1. The summed E-state index contributed by atoms with van der Waals surface area (Å²) in [6.07, 6.45) is 1.55. The molecule has 1 aliphatic rings. The predicted molar refractivity (Wildman–Crippen MR) is 84.6 cm³/mol. The van der Waals surface area contributed by atoms with Crippen LogP contribution >= 0.6 is 11.3 Å². The molecule has 4 heterocycles. The first-order valence-electron chi connectivity index (χ1n) is 7.18. The number of aryl methyl sites for hydroxylation is 2. The lowest BCUT2D eigenvalue weighted by molar-refractivity contribution is 0.635. The largest absolute Gasteiger partial charge is 0.353 e. The Kier molecular flexibility index (Phi) is 3.14. The molecule has 1 aliphatic heterocycles. The third-order valence-electron chi connectivity index (χ3n) is 3.75. The van der Waals surface area contributed by atoms with E-state index in [1.165, 1.54) is 0 Å². The Morgan fingerprint density at radius 2 is 1.82 bits per heavy atom. The summed E-state index contributed by atoms with van der Waals surface area (Å²) in [6.45, 7) is 7.64. The van der Waals surface area contributed by atoms with E-state index in [0.717, 1.165) is 47.8 Å². The fourth-order valence-electron chi connectivity index (χ4n) is 2.68. The van der Waals surface area contributed by atoms with Gasteiger partial charge in [-0.25, -0.2) is 4.98 Å². The molecule has 0 saturated carbocycles. The number of anilines is 2. The van der Waals surface area contributed by atoms with E-state index in [2.05, 4.69) is 41.1 Å². The van der Waals surface area contributed by atoms with Crippen LogP contribution in [-0.2, 0) is 0 Å². The van der Waals surface area contributed by atoms with Gasteiger partial charge in [-0.15, -0.1) is 10.2 Å². The SMILES string of the molecule is Cc1cc(N2CCN(c3nnc(C)s3)CC2)n2ncnc2n1. The molecule has 0 aromatic carbocycles. The molecule has 1 fully saturated rings. The highest BCUT2D eigenvalue weighted by Crippen LogP contribution is 2.23. The van der Waals surface area contributed by atoms with Crippen molar-refractivity contribution >= 4 is 28.1 Å². The molecule has 9 heteroatoms.